The average molecular weight is 446 g/mol. The third-order valence-corrected chi connectivity index (χ3v) is 5.64. The Morgan fingerprint density at radius 1 is 1.19 bits per heavy atom. The number of Topliss-reactive ketones (excluding diaryl/α,β-unsaturated/α-hetero) is 1. The van der Waals surface area contributed by atoms with Crippen molar-refractivity contribution in [2.75, 3.05) is 27.0 Å². The molecule has 0 bridgehead atoms. The Morgan fingerprint density at radius 2 is 1.94 bits per heavy atom. The van der Waals surface area contributed by atoms with Crippen molar-refractivity contribution in [1.82, 2.24) is 15.1 Å². The number of carbonyl (C=O) groups is 3. The molecule has 3 amide bonds. The van der Waals surface area contributed by atoms with E-state index in [4.69, 9.17) is 13.9 Å². The number of ether oxygens (including phenoxy) is 2. The second-order valence-electron chi connectivity index (χ2n) is 6.77. The van der Waals surface area contributed by atoms with Crippen molar-refractivity contribution >= 4 is 35.2 Å². The van der Waals surface area contributed by atoms with Crippen LogP contribution in [-0.4, -0.2) is 65.6 Å². The number of nitrogens with zero attached hydrogens (tertiary/aromatic N) is 4. The van der Waals surface area contributed by atoms with Crippen LogP contribution in [0.5, 0.6) is 11.5 Å². The molecule has 0 saturated heterocycles. The van der Waals surface area contributed by atoms with Crippen LogP contribution in [0.2, 0.25) is 0 Å². The maximum atomic E-state index is 12.5. The van der Waals surface area contributed by atoms with E-state index in [0.717, 1.165) is 16.7 Å². The van der Waals surface area contributed by atoms with E-state index in [2.05, 4.69) is 15.2 Å². The molecule has 1 aliphatic heterocycles. The summed E-state index contributed by atoms with van der Waals surface area (Å²) in [5.41, 5.74) is 0.955. The molecule has 31 heavy (non-hydrogen) atoms. The first kappa shape index (κ1) is 22.5. The second-order valence-corrected chi connectivity index (χ2v) is 7.69. The quantitative estimate of drug-likeness (QED) is 0.422. The molecule has 2 aromatic rings. The largest absolute Gasteiger partial charge is 0.493 e. The minimum atomic E-state index is -0.561. The van der Waals surface area contributed by atoms with Gasteiger partial charge in [0.25, 0.3) is 5.22 Å². The summed E-state index contributed by atoms with van der Waals surface area (Å²) in [6, 6.07) is 4.39. The third kappa shape index (κ3) is 5.10. The molecule has 1 aromatic carbocycles. The van der Waals surface area contributed by atoms with Crippen LogP contribution < -0.4 is 9.47 Å². The van der Waals surface area contributed by atoms with Crippen molar-refractivity contribution in [1.29, 1.82) is 0 Å². The molecule has 10 nitrogen and oxygen atoms in total. The van der Waals surface area contributed by atoms with Crippen molar-refractivity contribution in [2.24, 2.45) is 10.9 Å². The van der Waals surface area contributed by atoms with Gasteiger partial charge in [-0.05, 0) is 31.5 Å². The number of methoxy groups -OCH3 is 2. The van der Waals surface area contributed by atoms with Gasteiger partial charge >= 0.3 is 6.03 Å². The molecule has 1 atom stereocenters. The highest BCUT2D eigenvalue weighted by molar-refractivity contribution is 7.99. The molecular weight excluding hydrogens is 424 g/mol. The number of benzene rings is 1. The number of aromatic nitrogens is 2. The van der Waals surface area contributed by atoms with E-state index >= 15 is 0 Å². The second kappa shape index (κ2) is 9.73. The molecule has 11 heteroatoms. The highest BCUT2D eigenvalue weighted by atomic mass is 32.2. The SMILES string of the molecule is COc1ccc(C(=O)CSc2nnc(CCC3C(=O)N(C)C(=O)N=C3C)o2)cc1OC. The van der Waals surface area contributed by atoms with Gasteiger partial charge in [-0.25, -0.2) is 9.79 Å². The zero-order valence-electron chi connectivity index (χ0n) is 17.6. The molecule has 2 heterocycles. The summed E-state index contributed by atoms with van der Waals surface area (Å²) < 4.78 is 16.0. The van der Waals surface area contributed by atoms with Gasteiger partial charge in [0.1, 0.15) is 0 Å². The number of amides is 3. The first-order valence-electron chi connectivity index (χ1n) is 9.41. The number of aryl methyl sites for hydroxylation is 1. The van der Waals surface area contributed by atoms with E-state index in [0.29, 0.717) is 41.5 Å². The lowest BCUT2D eigenvalue weighted by molar-refractivity contribution is -0.129. The van der Waals surface area contributed by atoms with E-state index in [1.165, 1.54) is 21.3 Å². The highest BCUT2D eigenvalue weighted by Gasteiger charge is 2.33. The van der Waals surface area contributed by atoms with E-state index in [-0.39, 0.29) is 22.7 Å². The molecule has 1 unspecified atom stereocenters. The van der Waals surface area contributed by atoms with Crippen LogP contribution in [0.4, 0.5) is 4.79 Å². The van der Waals surface area contributed by atoms with Crippen molar-refractivity contribution in [3.05, 3.63) is 29.7 Å². The van der Waals surface area contributed by atoms with E-state index in [1.807, 2.05) is 0 Å². The summed E-state index contributed by atoms with van der Waals surface area (Å²) in [7, 11) is 4.44. The van der Waals surface area contributed by atoms with Gasteiger partial charge in [-0.3, -0.25) is 14.5 Å². The van der Waals surface area contributed by atoms with E-state index in [1.54, 1.807) is 25.1 Å². The molecule has 0 fully saturated rings. The van der Waals surface area contributed by atoms with E-state index in [9.17, 15) is 14.4 Å². The number of ketones is 1. The maximum absolute atomic E-state index is 12.5. The van der Waals surface area contributed by atoms with Gasteiger partial charge in [0.2, 0.25) is 11.8 Å². The number of rotatable bonds is 9. The zero-order chi connectivity index (χ0) is 22.5. The highest BCUT2D eigenvalue weighted by Crippen LogP contribution is 2.28. The molecule has 0 spiro atoms. The van der Waals surface area contributed by atoms with Gasteiger partial charge in [0.15, 0.2) is 17.3 Å². The fourth-order valence-electron chi connectivity index (χ4n) is 3.03. The fourth-order valence-corrected chi connectivity index (χ4v) is 3.70. The van der Waals surface area contributed by atoms with Crippen LogP contribution in [0.3, 0.4) is 0 Å². The number of thioether (sulfide) groups is 1. The molecule has 0 aliphatic carbocycles. The number of hydrogen-bond donors (Lipinski definition) is 0. The summed E-state index contributed by atoms with van der Waals surface area (Å²) in [4.78, 5) is 41.2. The normalized spacial score (nSPS) is 16.3. The lowest BCUT2D eigenvalue weighted by Gasteiger charge is -2.25. The first-order valence-corrected chi connectivity index (χ1v) is 10.4. The Bertz CT molecular complexity index is 1030. The minimum absolute atomic E-state index is 0.108. The van der Waals surface area contributed by atoms with Crippen LogP contribution in [0.25, 0.3) is 0 Å². The molecule has 0 saturated carbocycles. The Hall–Kier alpha value is -3.21. The Labute approximate surface area is 183 Å². The predicted molar refractivity (Wildman–Crippen MR) is 112 cm³/mol. The molecule has 1 aliphatic rings. The van der Waals surface area contributed by atoms with Crippen molar-refractivity contribution in [3.8, 4) is 11.5 Å². The van der Waals surface area contributed by atoms with Gasteiger partial charge in [-0.15, -0.1) is 10.2 Å². The molecular formula is C20H22N4O6S. The number of urea groups is 1. The van der Waals surface area contributed by atoms with Gasteiger partial charge < -0.3 is 13.9 Å². The lowest BCUT2D eigenvalue weighted by atomic mass is 9.95. The van der Waals surface area contributed by atoms with Crippen LogP contribution in [0.1, 0.15) is 29.6 Å². The van der Waals surface area contributed by atoms with Crippen LogP contribution in [0, 0.1) is 5.92 Å². The zero-order valence-corrected chi connectivity index (χ0v) is 18.4. The van der Waals surface area contributed by atoms with Gasteiger partial charge in [0.05, 0.1) is 25.9 Å². The summed E-state index contributed by atoms with van der Waals surface area (Å²) in [5.74, 6) is 0.544. The monoisotopic (exact) mass is 446 g/mol. The summed E-state index contributed by atoms with van der Waals surface area (Å²) in [6.07, 6.45) is 0.741. The Morgan fingerprint density at radius 3 is 2.65 bits per heavy atom. The molecule has 164 valence electrons. The van der Waals surface area contributed by atoms with Gasteiger partial charge in [0, 0.05) is 24.7 Å². The fraction of sp³-hybridized carbons (Fsp3) is 0.400. The van der Waals surface area contributed by atoms with Crippen LogP contribution in [0.15, 0.2) is 32.8 Å². The maximum Gasteiger partial charge on any atom is 0.349 e. The number of aliphatic imine (C=N–C) groups is 1. The minimum Gasteiger partial charge on any atom is -0.493 e. The molecule has 1 aromatic heterocycles. The first-order chi connectivity index (χ1) is 14.8. The van der Waals surface area contributed by atoms with Crippen molar-refractivity contribution in [3.63, 3.8) is 0 Å². The van der Waals surface area contributed by atoms with Crippen LogP contribution in [-0.2, 0) is 11.2 Å². The predicted octanol–water partition coefficient (Wildman–Crippen LogP) is 2.66. The summed E-state index contributed by atoms with van der Waals surface area (Å²) >= 11 is 1.13. The summed E-state index contributed by atoms with van der Waals surface area (Å²) in [5, 5.41) is 8.17. The number of carbonyl (C=O) groups excluding carboxylic acids is 3. The smallest absolute Gasteiger partial charge is 0.349 e. The molecule has 0 radical (unpaired) electrons. The number of hydrogen-bond acceptors (Lipinski definition) is 9. The molecule has 0 N–H and O–H groups in total. The topological polar surface area (TPSA) is 124 Å². The number of imide groups is 1. The van der Waals surface area contributed by atoms with Crippen molar-refractivity contribution < 1.29 is 28.3 Å². The van der Waals surface area contributed by atoms with Gasteiger partial charge in [-0.2, -0.15) is 0 Å². The Balaban J connectivity index is 1.56. The standard InChI is InChI=1S/C20H22N4O6S/c1-11-13(18(26)24(2)19(27)21-11)6-8-17-22-23-20(30-17)31-10-14(25)12-5-7-15(28-3)16(9-12)29-4/h5,7,9,13H,6,8,10H2,1-4H3. The average Bonchev–Trinajstić information content (AvgIpc) is 3.23. The van der Waals surface area contributed by atoms with Crippen LogP contribution >= 0.6 is 11.8 Å². The van der Waals surface area contributed by atoms with Crippen molar-refractivity contribution in [2.45, 2.75) is 25.0 Å². The summed E-state index contributed by atoms with van der Waals surface area (Å²) in [6.45, 7) is 1.66. The van der Waals surface area contributed by atoms with Gasteiger partial charge in [-0.1, -0.05) is 11.8 Å². The third-order valence-electron chi connectivity index (χ3n) is 4.82. The Kier molecular flexibility index (Phi) is 7.06. The lowest BCUT2D eigenvalue weighted by Crippen LogP contribution is -2.43. The molecule has 3 rings (SSSR count). The van der Waals surface area contributed by atoms with E-state index < -0.39 is 11.9 Å².